The molecule has 0 aliphatic carbocycles. The second-order valence-corrected chi connectivity index (χ2v) is 7.41. The highest BCUT2D eigenvalue weighted by Crippen LogP contribution is 2.27. The average Bonchev–Trinajstić information content (AvgIpc) is 2.77. The number of nitrogens with one attached hydrogen (secondary N) is 1. The maximum absolute atomic E-state index is 13.2. The van der Waals surface area contributed by atoms with Crippen molar-refractivity contribution in [1.29, 1.82) is 0 Å². The molecule has 1 aliphatic rings. The number of unbranched alkanes of at least 4 members (excludes halogenated alkanes) is 1. The molecule has 1 unspecified atom stereocenters. The lowest BCUT2D eigenvalue weighted by atomic mass is 10.0. The van der Waals surface area contributed by atoms with Crippen molar-refractivity contribution in [2.45, 2.75) is 45.1 Å². The fourth-order valence-electron chi connectivity index (χ4n) is 3.50. The zero-order valence-corrected chi connectivity index (χ0v) is 17.3. The van der Waals surface area contributed by atoms with Gasteiger partial charge in [0.15, 0.2) is 0 Å². The maximum Gasteiger partial charge on any atom is 0.338 e. The SMILES string of the molecule is CCCCOC(=O)c1ccc(NC(=O)C(c2ccccc2)N2CCCCC2=O)cc1. The molecule has 6 nitrogen and oxygen atoms in total. The van der Waals surface area contributed by atoms with Crippen LogP contribution in [0.3, 0.4) is 0 Å². The Morgan fingerprint density at radius 2 is 1.80 bits per heavy atom. The first kappa shape index (κ1) is 21.6. The summed E-state index contributed by atoms with van der Waals surface area (Å²) in [5.74, 6) is -0.646. The number of benzene rings is 2. The summed E-state index contributed by atoms with van der Waals surface area (Å²) in [6, 6.07) is 15.3. The van der Waals surface area contributed by atoms with Crippen LogP contribution in [0, 0.1) is 0 Å². The molecule has 1 heterocycles. The van der Waals surface area contributed by atoms with E-state index in [0.717, 1.165) is 31.2 Å². The summed E-state index contributed by atoms with van der Waals surface area (Å²) in [5.41, 5.74) is 1.78. The fourth-order valence-corrected chi connectivity index (χ4v) is 3.50. The Bertz CT molecular complexity index is 865. The third-order valence-electron chi connectivity index (χ3n) is 5.15. The van der Waals surface area contributed by atoms with Crippen LogP contribution >= 0.6 is 0 Å². The molecule has 1 N–H and O–H groups in total. The molecule has 6 heteroatoms. The number of nitrogens with zero attached hydrogens (tertiary/aromatic N) is 1. The highest BCUT2D eigenvalue weighted by Gasteiger charge is 2.32. The summed E-state index contributed by atoms with van der Waals surface area (Å²) in [5, 5.41) is 2.89. The van der Waals surface area contributed by atoms with Crippen LogP contribution < -0.4 is 5.32 Å². The van der Waals surface area contributed by atoms with Gasteiger partial charge in [-0.15, -0.1) is 0 Å². The number of hydrogen-bond acceptors (Lipinski definition) is 4. The van der Waals surface area contributed by atoms with Crippen LogP contribution in [-0.2, 0) is 14.3 Å². The Labute approximate surface area is 177 Å². The predicted octanol–water partition coefficient (Wildman–Crippen LogP) is 4.34. The molecular weight excluding hydrogens is 380 g/mol. The minimum atomic E-state index is -0.683. The summed E-state index contributed by atoms with van der Waals surface area (Å²) >= 11 is 0. The van der Waals surface area contributed by atoms with E-state index >= 15 is 0 Å². The number of rotatable bonds is 8. The number of ether oxygens (including phenoxy) is 1. The number of piperidine rings is 1. The van der Waals surface area contributed by atoms with Gasteiger partial charge in [0.1, 0.15) is 6.04 Å². The van der Waals surface area contributed by atoms with Crippen molar-refractivity contribution in [3.05, 3.63) is 65.7 Å². The van der Waals surface area contributed by atoms with Crippen LogP contribution in [0.25, 0.3) is 0 Å². The van der Waals surface area contributed by atoms with Gasteiger partial charge in [0, 0.05) is 18.7 Å². The van der Waals surface area contributed by atoms with E-state index in [-0.39, 0.29) is 17.8 Å². The standard InChI is InChI=1S/C24H28N2O4/c1-2-3-17-30-24(29)19-12-14-20(15-13-19)25-23(28)22(18-9-5-4-6-10-18)26-16-8-7-11-21(26)27/h4-6,9-10,12-15,22H,2-3,7-8,11,16-17H2,1H3,(H,25,28). The van der Waals surface area contributed by atoms with Gasteiger partial charge in [-0.05, 0) is 49.1 Å². The molecule has 30 heavy (non-hydrogen) atoms. The molecule has 2 aromatic carbocycles. The van der Waals surface area contributed by atoms with Gasteiger partial charge in [-0.25, -0.2) is 4.79 Å². The summed E-state index contributed by atoms with van der Waals surface area (Å²) in [6.07, 6.45) is 3.99. The third kappa shape index (κ3) is 5.47. The molecule has 1 fully saturated rings. The first-order chi connectivity index (χ1) is 14.6. The zero-order valence-electron chi connectivity index (χ0n) is 17.3. The molecule has 3 rings (SSSR count). The molecule has 0 bridgehead atoms. The van der Waals surface area contributed by atoms with E-state index in [1.807, 2.05) is 37.3 Å². The Kier molecular flexibility index (Phi) is 7.60. The molecule has 2 aromatic rings. The molecular formula is C24H28N2O4. The van der Waals surface area contributed by atoms with Gasteiger partial charge >= 0.3 is 5.97 Å². The predicted molar refractivity (Wildman–Crippen MR) is 115 cm³/mol. The third-order valence-corrected chi connectivity index (χ3v) is 5.15. The minimum Gasteiger partial charge on any atom is -0.462 e. The first-order valence-electron chi connectivity index (χ1n) is 10.5. The van der Waals surface area contributed by atoms with E-state index in [0.29, 0.717) is 30.8 Å². The maximum atomic E-state index is 13.2. The topological polar surface area (TPSA) is 75.7 Å². The van der Waals surface area contributed by atoms with Gasteiger partial charge in [0.05, 0.1) is 12.2 Å². The van der Waals surface area contributed by atoms with Crippen LogP contribution in [0.4, 0.5) is 5.69 Å². The molecule has 0 saturated carbocycles. The highest BCUT2D eigenvalue weighted by molar-refractivity contribution is 5.98. The van der Waals surface area contributed by atoms with Crippen molar-refractivity contribution in [3.63, 3.8) is 0 Å². The molecule has 1 atom stereocenters. The number of esters is 1. The number of carbonyl (C=O) groups is 3. The second kappa shape index (κ2) is 10.6. The average molecular weight is 408 g/mol. The van der Waals surface area contributed by atoms with Gasteiger partial charge in [0.25, 0.3) is 5.91 Å². The quantitative estimate of drug-likeness (QED) is 0.521. The molecule has 0 aromatic heterocycles. The number of carbonyl (C=O) groups excluding carboxylic acids is 3. The minimum absolute atomic E-state index is 0.00424. The Hall–Kier alpha value is -3.15. The largest absolute Gasteiger partial charge is 0.462 e. The lowest BCUT2D eigenvalue weighted by Crippen LogP contribution is -2.43. The lowest BCUT2D eigenvalue weighted by molar-refractivity contribution is -0.141. The normalized spacial score (nSPS) is 14.8. The van der Waals surface area contributed by atoms with Crippen molar-refractivity contribution >= 4 is 23.5 Å². The van der Waals surface area contributed by atoms with E-state index in [1.165, 1.54) is 0 Å². The zero-order chi connectivity index (χ0) is 21.3. The van der Waals surface area contributed by atoms with Crippen LogP contribution in [0.5, 0.6) is 0 Å². The van der Waals surface area contributed by atoms with E-state index < -0.39 is 6.04 Å². The van der Waals surface area contributed by atoms with Crippen molar-refractivity contribution in [3.8, 4) is 0 Å². The Morgan fingerprint density at radius 3 is 2.47 bits per heavy atom. The Morgan fingerprint density at radius 1 is 1.07 bits per heavy atom. The van der Waals surface area contributed by atoms with Gasteiger partial charge < -0.3 is 15.0 Å². The first-order valence-corrected chi connectivity index (χ1v) is 10.5. The van der Waals surface area contributed by atoms with Gasteiger partial charge in [0.2, 0.25) is 5.91 Å². The van der Waals surface area contributed by atoms with Crippen LogP contribution in [0.2, 0.25) is 0 Å². The van der Waals surface area contributed by atoms with E-state index in [2.05, 4.69) is 5.32 Å². The fraction of sp³-hybridized carbons (Fsp3) is 0.375. The van der Waals surface area contributed by atoms with E-state index in [4.69, 9.17) is 4.74 Å². The molecule has 1 saturated heterocycles. The summed E-state index contributed by atoms with van der Waals surface area (Å²) in [4.78, 5) is 39.3. The molecule has 0 radical (unpaired) electrons. The second-order valence-electron chi connectivity index (χ2n) is 7.41. The van der Waals surface area contributed by atoms with E-state index in [1.54, 1.807) is 29.2 Å². The highest BCUT2D eigenvalue weighted by atomic mass is 16.5. The summed E-state index contributed by atoms with van der Waals surface area (Å²) in [6.45, 7) is 3.00. The van der Waals surface area contributed by atoms with Gasteiger partial charge in [-0.3, -0.25) is 9.59 Å². The number of likely N-dealkylation sites (tertiary alicyclic amines) is 1. The molecule has 158 valence electrons. The molecule has 0 spiro atoms. The molecule has 1 aliphatic heterocycles. The van der Waals surface area contributed by atoms with Crippen LogP contribution in [0.1, 0.15) is 61.0 Å². The summed E-state index contributed by atoms with van der Waals surface area (Å²) < 4.78 is 5.21. The number of anilines is 1. The van der Waals surface area contributed by atoms with Crippen molar-refractivity contribution in [2.24, 2.45) is 0 Å². The lowest BCUT2D eigenvalue weighted by Gasteiger charge is -2.34. The molecule has 2 amide bonds. The monoisotopic (exact) mass is 408 g/mol. The van der Waals surface area contributed by atoms with Gasteiger partial charge in [-0.2, -0.15) is 0 Å². The summed E-state index contributed by atoms with van der Waals surface area (Å²) in [7, 11) is 0. The van der Waals surface area contributed by atoms with Crippen molar-refractivity contribution in [1.82, 2.24) is 4.90 Å². The van der Waals surface area contributed by atoms with Crippen molar-refractivity contribution in [2.75, 3.05) is 18.5 Å². The number of amides is 2. The van der Waals surface area contributed by atoms with E-state index in [9.17, 15) is 14.4 Å². The van der Waals surface area contributed by atoms with Crippen molar-refractivity contribution < 1.29 is 19.1 Å². The van der Waals surface area contributed by atoms with Crippen LogP contribution in [-0.4, -0.2) is 35.8 Å². The van der Waals surface area contributed by atoms with Crippen LogP contribution in [0.15, 0.2) is 54.6 Å². The Balaban J connectivity index is 1.72. The van der Waals surface area contributed by atoms with Gasteiger partial charge in [-0.1, -0.05) is 43.7 Å². The number of hydrogen-bond donors (Lipinski definition) is 1. The smallest absolute Gasteiger partial charge is 0.338 e.